The molecule has 1 N–H and O–H groups in total. The lowest BCUT2D eigenvalue weighted by molar-refractivity contribution is -0.141. The van der Waals surface area contributed by atoms with Crippen LogP contribution in [0.3, 0.4) is 0 Å². The molecule has 1 atom stereocenters. The third-order valence-corrected chi connectivity index (χ3v) is 5.33. The van der Waals surface area contributed by atoms with E-state index in [1.165, 1.54) is 11.4 Å². The highest BCUT2D eigenvalue weighted by Gasteiger charge is 2.33. The minimum Gasteiger partial charge on any atom is -0.495 e. The predicted molar refractivity (Wildman–Crippen MR) is 78.5 cm³/mol. The molecule has 1 unspecified atom stereocenters. The fourth-order valence-corrected chi connectivity index (χ4v) is 4.05. The number of ether oxygens (including phenoxy) is 2. The largest absolute Gasteiger partial charge is 0.495 e. The van der Waals surface area contributed by atoms with Crippen LogP contribution in [0.15, 0.2) is 23.1 Å². The molecule has 0 spiro atoms. The molecule has 22 heavy (non-hydrogen) atoms. The lowest BCUT2D eigenvalue weighted by atomic mass is 10.2. The first-order valence-electron chi connectivity index (χ1n) is 6.83. The lowest BCUT2D eigenvalue weighted by Crippen LogP contribution is -2.46. The summed E-state index contributed by atoms with van der Waals surface area (Å²) in [6.45, 7) is 2.18. The summed E-state index contributed by atoms with van der Waals surface area (Å²) in [5, 5.41) is 8.82. The number of carbonyl (C=O) groups is 1. The first-order chi connectivity index (χ1) is 10.3. The molecular formula is C14H19NO6S. The van der Waals surface area contributed by atoms with Gasteiger partial charge in [0.05, 0.1) is 26.2 Å². The fraction of sp³-hybridized carbons (Fsp3) is 0.500. The van der Waals surface area contributed by atoms with Crippen LogP contribution >= 0.6 is 0 Å². The van der Waals surface area contributed by atoms with Crippen molar-refractivity contribution in [2.75, 3.05) is 26.8 Å². The van der Waals surface area contributed by atoms with Crippen LogP contribution < -0.4 is 4.74 Å². The Morgan fingerprint density at radius 1 is 1.50 bits per heavy atom. The van der Waals surface area contributed by atoms with Crippen molar-refractivity contribution in [2.24, 2.45) is 0 Å². The number of aliphatic carboxylic acids is 1. The quantitative estimate of drug-likeness (QED) is 0.861. The van der Waals surface area contributed by atoms with Crippen molar-refractivity contribution in [1.82, 2.24) is 4.31 Å². The van der Waals surface area contributed by atoms with E-state index in [4.69, 9.17) is 14.6 Å². The number of aryl methyl sites for hydroxylation is 1. The van der Waals surface area contributed by atoms with Crippen LogP contribution in [0.4, 0.5) is 0 Å². The van der Waals surface area contributed by atoms with Gasteiger partial charge in [-0.1, -0.05) is 6.07 Å². The molecule has 122 valence electrons. The molecule has 0 aromatic heterocycles. The molecule has 0 bridgehead atoms. The summed E-state index contributed by atoms with van der Waals surface area (Å²) in [5.74, 6) is -0.746. The van der Waals surface area contributed by atoms with E-state index in [1.54, 1.807) is 25.1 Å². The zero-order chi connectivity index (χ0) is 16.3. The van der Waals surface area contributed by atoms with Crippen LogP contribution in [0.25, 0.3) is 0 Å². The summed E-state index contributed by atoms with van der Waals surface area (Å²) in [5.41, 5.74) is 0.801. The molecule has 1 heterocycles. The molecule has 0 radical (unpaired) electrons. The number of carboxylic acids is 1. The van der Waals surface area contributed by atoms with E-state index in [2.05, 4.69) is 0 Å². The third-order valence-electron chi connectivity index (χ3n) is 3.44. The van der Waals surface area contributed by atoms with Gasteiger partial charge in [-0.25, -0.2) is 8.42 Å². The molecule has 1 aliphatic rings. The summed E-state index contributed by atoms with van der Waals surface area (Å²) >= 11 is 0. The molecule has 1 fully saturated rings. The second-order valence-corrected chi connectivity index (χ2v) is 7.01. The van der Waals surface area contributed by atoms with Gasteiger partial charge in [0.2, 0.25) is 10.0 Å². The van der Waals surface area contributed by atoms with Crippen LogP contribution in [0.5, 0.6) is 5.75 Å². The van der Waals surface area contributed by atoms with Gasteiger partial charge in [0.1, 0.15) is 10.6 Å². The molecule has 2 rings (SSSR count). The molecule has 0 amide bonds. The number of morpholine rings is 1. The van der Waals surface area contributed by atoms with Gasteiger partial charge in [-0.15, -0.1) is 0 Å². The van der Waals surface area contributed by atoms with Gasteiger partial charge in [-0.3, -0.25) is 4.79 Å². The van der Waals surface area contributed by atoms with Crippen LogP contribution in [-0.4, -0.2) is 56.7 Å². The Bertz CT molecular complexity index is 657. The minimum atomic E-state index is -3.76. The van der Waals surface area contributed by atoms with Crippen molar-refractivity contribution in [3.05, 3.63) is 23.8 Å². The maximum absolute atomic E-state index is 12.8. The Hall–Kier alpha value is -1.64. The molecule has 1 aromatic carbocycles. The average molecular weight is 329 g/mol. The maximum Gasteiger partial charge on any atom is 0.306 e. The minimum absolute atomic E-state index is 0.0196. The second-order valence-electron chi connectivity index (χ2n) is 5.11. The van der Waals surface area contributed by atoms with Gasteiger partial charge in [-0.2, -0.15) is 4.31 Å². The highest BCUT2D eigenvalue weighted by atomic mass is 32.2. The Balaban J connectivity index is 2.30. The molecule has 1 saturated heterocycles. The van der Waals surface area contributed by atoms with Crippen molar-refractivity contribution in [3.8, 4) is 5.75 Å². The Morgan fingerprint density at radius 3 is 2.86 bits per heavy atom. The third kappa shape index (κ3) is 3.57. The molecule has 0 aliphatic carbocycles. The van der Waals surface area contributed by atoms with Gasteiger partial charge < -0.3 is 14.6 Å². The number of methoxy groups -OCH3 is 1. The second kappa shape index (κ2) is 6.64. The lowest BCUT2D eigenvalue weighted by Gasteiger charge is -2.31. The topological polar surface area (TPSA) is 93.1 Å². The van der Waals surface area contributed by atoms with E-state index >= 15 is 0 Å². The number of hydrogen-bond acceptors (Lipinski definition) is 5. The summed E-state index contributed by atoms with van der Waals surface area (Å²) in [7, 11) is -2.35. The SMILES string of the molecule is COc1ccc(C)cc1S(=O)(=O)N1CCOC(CC(=O)O)C1. The Kier molecular flexibility index (Phi) is 5.05. The predicted octanol–water partition coefficient (Wildman–Crippen LogP) is 0.868. The molecule has 8 heteroatoms. The Morgan fingerprint density at radius 2 is 2.23 bits per heavy atom. The normalized spacial score (nSPS) is 19.8. The smallest absolute Gasteiger partial charge is 0.306 e. The van der Waals surface area contributed by atoms with E-state index in [0.717, 1.165) is 5.56 Å². The molecule has 1 aliphatic heterocycles. The number of hydrogen-bond donors (Lipinski definition) is 1. The standard InChI is InChI=1S/C14H19NO6S/c1-10-3-4-12(20-2)13(7-10)22(18,19)15-5-6-21-11(9-15)8-14(16)17/h3-4,7,11H,5-6,8-9H2,1-2H3,(H,16,17). The maximum atomic E-state index is 12.8. The zero-order valence-electron chi connectivity index (χ0n) is 12.5. The van der Waals surface area contributed by atoms with Crippen molar-refractivity contribution in [2.45, 2.75) is 24.3 Å². The highest BCUT2D eigenvalue weighted by molar-refractivity contribution is 7.89. The molecule has 7 nitrogen and oxygen atoms in total. The van der Waals surface area contributed by atoms with Gasteiger partial charge >= 0.3 is 5.97 Å². The van der Waals surface area contributed by atoms with Crippen LogP contribution in [0.1, 0.15) is 12.0 Å². The van der Waals surface area contributed by atoms with Crippen molar-refractivity contribution in [1.29, 1.82) is 0 Å². The molecule has 0 saturated carbocycles. The van der Waals surface area contributed by atoms with Gasteiger partial charge in [0.25, 0.3) is 0 Å². The highest BCUT2D eigenvalue weighted by Crippen LogP contribution is 2.29. The Labute approximate surface area is 129 Å². The first-order valence-corrected chi connectivity index (χ1v) is 8.27. The van der Waals surface area contributed by atoms with Gasteiger partial charge in [0, 0.05) is 13.1 Å². The van der Waals surface area contributed by atoms with E-state index in [0.29, 0.717) is 0 Å². The number of sulfonamides is 1. The summed E-state index contributed by atoms with van der Waals surface area (Å²) in [4.78, 5) is 10.9. The van der Waals surface area contributed by atoms with Crippen molar-refractivity contribution >= 4 is 16.0 Å². The fourth-order valence-electron chi connectivity index (χ4n) is 2.35. The van der Waals surface area contributed by atoms with Gasteiger partial charge in [-0.05, 0) is 24.6 Å². The molecular weight excluding hydrogens is 310 g/mol. The van der Waals surface area contributed by atoms with Crippen molar-refractivity contribution in [3.63, 3.8) is 0 Å². The number of carboxylic acid groups (broad SMARTS) is 1. The van der Waals surface area contributed by atoms with E-state index in [-0.39, 0.29) is 36.8 Å². The van der Waals surface area contributed by atoms with Crippen LogP contribution in [0.2, 0.25) is 0 Å². The van der Waals surface area contributed by atoms with Crippen molar-refractivity contribution < 1.29 is 27.8 Å². The monoisotopic (exact) mass is 329 g/mol. The van der Waals surface area contributed by atoms with E-state index in [1.807, 2.05) is 0 Å². The summed E-state index contributed by atoms with van der Waals surface area (Å²) < 4.78 is 37.3. The number of rotatable bonds is 5. The van der Waals surface area contributed by atoms with Gasteiger partial charge in [0.15, 0.2) is 0 Å². The number of benzene rings is 1. The van der Waals surface area contributed by atoms with Crippen LogP contribution in [-0.2, 0) is 19.6 Å². The summed E-state index contributed by atoms with van der Waals surface area (Å²) in [6.07, 6.45) is -0.867. The first kappa shape index (κ1) is 16.7. The zero-order valence-corrected chi connectivity index (χ0v) is 13.3. The molecule has 1 aromatic rings. The van der Waals surface area contributed by atoms with E-state index in [9.17, 15) is 13.2 Å². The average Bonchev–Trinajstić information content (AvgIpc) is 2.46. The number of nitrogens with zero attached hydrogens (tertiary/aromatic N) is 1. The summed E-state index contributed by atoms with van der Waals surface area (Å²) in [6, 6.07) is 4.93. The van der Waals surface area contributed by atoms with E-state index < -0.39 is 22.1 Å². The van der Waals surface area contributed by atoms with Crippen LogP contribution in [0, 0.1) is 6.92 Å².